The third-order valence-electron chi connectivity index (χ3n) is 6.30. The van der Waals surface area contributed by atoms with Crippen molar-refractivity contribution in [1.82, 2.24) is 19.5 Å². The van der Waals surface area contributed by atoms with E-state index in [-0.39, 0.29) is 24.1 Å². The van der Waals surface area contributed by atoms with Crippen molar-refractivity contribution in [3.63, 3.8) is 0 Å². The fourth-order valence-corrected chi connectivity index (χ4v) is 4.51. The summed E-state index contributed by atoms with van der Waals surface area (Å²) in [4.78, 5) is 50.1. The molecular weight excluding hydrogens is 406 g/mol. The lowest BCUT2D eigenvalue weighted by molar-refractivity contribution is 0.556. The second-order valence-electron chi connectivity index (χ2n) is 8.77. The largest absolute Gasteiger partial charge is 0.329 e. The van der Waals surface area contributed by atoms with Crippen LogP contribution in [0.25, 0.3) is 0 Å². The second kappa shape index (κ2) is 11.3. The molecule has 2 aromatic rings. The monoisotopic (exact) mass is 443 g/mol. The van der Waals surface area contributed by atoms with Gasteiger partial charge in [0.2, 0.25) is 0 Å². The van der Waals surface area contributed by atoms with Crippen LogP contribution in [0.15, 0.2) is 14.4 Å². The number of H-pyrrole nitrogens is 2. The van der Waals surface area contributed by atoms with Gasteiger partial charge in [-0.2, -0.15) is 0 Å². The van der Waals surface area contributed by atoms with Gasteiger partial charge < -0.3 is 9.88 Å². The Morgan fingerprint density at radius 2 is 1.47 bits per heavy atom. The highest BCUT2D eigenvalue weighted by atomic mass is 16.2. The first-order chi connectivity index (χ1) is 15.5. The number of anilines is 2. The van der Waals surface area contributed by atoms with E-state index >= 15 is 0 Å². The SMILES string of the molecule is CCCCCCCCCCCCN1c2nc(C)[nH]c(=O)c2Cc2c1[nH]c(=O)n(CC)c2=O. The zero-order valence-corrected chi connectivity index (χ0v) is 19.8. The molecule has 0 aromatic carbocycles. The number of hydrogen-bond acceptors (Lipinski definition) is 5. The second-order valence-corrected chi connectivity index (χ2v) is 8.77. The summed E-state index contributed by atoms with van der Waals surface area (Å²) in [5, 5.41) is 0. The maximum Gasteiger partial charge on any atom is 0.329 e. The molecular formula is C24H37N5O3. The molecule has 0 saturated heterocycles. The Morgan fingerprint density at radius 3 is 2.09 bits per heavy atom. The van der Waals surface area contributed by atoms with Crippen molar-refractivity contribution in [3.8, 4) is 0 Å². The Balaban J connectivity index is 1.71. The standard InChI is InChI=1S/C24H37N5O3/c1-4-6-7-8-9-10-11-12-13-14-15-29-20-18(22(30)26-17(3)25-20)16-19-21(29)27-24(32)28(5-2)23(19)31/h4-16H2,1-3H3,(H,27,32)(H,25,26,30). The molecule has 1 aliphatic heterocycles. The van der Waals surface area contributed by atoms with Crippen molar-refractivity contribution in [2.45, 2.75) is 97.9 Å². The van der Waals surface area contributed by atoms with Gasteiger partial charge in [0.1, 0.15) is 17.5 Å². The number of unbranched alkanes of at least 4 members (excludes halogenated alkanes) is 9. The van der Waals surface area contributed by atoms with Gasteiger partial charge in [0, 0.05) is 19.5 Å². The van der Waals surface area contributed by atoms with Crippen LogP contribution in [0, 0.1) is 6.92 Å². The van der Waals surface area contributed by atoms with Crippen LogP contribution < -0.4 is 21.7 Å². The Labute approximate surface area is 189 Å². The molecule has 0 spiro atoms. The molecule has 0 atom stereocenters. The molecule has 0 radical (unpaired) electrons. The molecule has 8 heteroatoms. The van der Waals surface area contributed by atoms with Gasteiger partial charge in [0.15, 0.2) is 0 Å². The van der Waals surface area contributed by atoms with Gasteiger partial charge in [-0.15, -0.1) is 0 Å². The number of nitrogens with zero attached hydrogens (tertiary/aromatic N) is 3. The summed E-state index contributed by atoms with van der Waals surface area (Å²) < 4.78 is 1.18. The number of hydrogen-bond donors (Lipinski definition) is 2. The van der Waals surface area contributed by atoms with Crippen LogP contribution in [-0.2, 0) is 13.0 Å². The van der Waals surface area contributed by atoms with E-state index in [1.54, 1.807) is 13.8 Å². The molecule has 0 fully saturated rings. The molecule has 0 saturated carbocycles. The van der Waals surface area contributed by atoms with Gasteiger partial charge in [0.05, 0.1) is 11.1 Å². The summed E-state index contributed by atoms with van der Waals surface area (Å²) in [5.41, 5.74) is -0.0247. The summed E-state index contributed by atoms with van der Waals surface area (Å²) in [6.45, 7) is 6.64. The van der Waals surface area contributed by atoms with Crippen LogP contribution in [0.2, 0.25) is 0 Å². The summed E-state index contributed by atoms with van der Waals surface area (Å²) >= 11 is 0. The molecule has 0 unspecified atom stereocenters. The number of rotatable bonds is 12. The zero-order chi connectivity index (χ0) is 23.1. The van der Waals surface area contributed by atoms with Crippen molar-refractivity contribution < 1.29 is 0 Å². The van der Waals surface area contributed by atoms with E-state index in [1.807, 2.05) is 4.90 Å². The van der Waals surface area contributed by atoms with Crippen LogP contribution in [0.4, 0.5) is 11.6 Å². The predicted octanol–water partition coefficient (Wildman–Crippen LogP) is 3.91. The molecule has 32 heavy (non-hydrogen) atoms. The lowest BCUT2D eigenvalue weighted by atomic mass is 10.0. The Kier molecular flexibility index (Phi) is 8.47. The molecule has 2 N–H and O–H groups in total. The van der Waals surface area contributed by atoms with Gasteiger partial charge in [-0.3, -0.25) is 19.1 Å². The topological polar surface area (TPSA) is 104 Å². The van der Waals surface area contributed by atoms with Gasteiger partial charge >= 0.3 is 5.69 Å². The van der Waals surface area contributed by atoms with E-state index < -0.39 is 5.69 Å². The van der Waals surface area contributed by atoms with Crippen molar-refractivity contribution >= 4 is 11.6 Å². The van der Waals surface area contributed by atoms with Crippen molar-refractivity contribution in [2.24, 2.45) is 0 Å². The minimum atomic E-state index is -0.422. The van der Waals surface area contributed by atoms with Crippen LogP contribution >= 0.6 is 0 Å². The Bertz CT molecular complexity index is 1080. The van der Waals surface area contributed by atoms with Crippen LogP contribution in [-0.4, -0.2) is 26.1 Å². The zero-order valence-electron chi connectivity index (χ0n) is 19.8. The highest BCUT2D eigenvalue weighted by Gasteiger charge is 2.30. The van der Waals surface area contributed by atoms with Gasteiger partial charge in [-0.1, -0.05) is 64.7 Å². The van der Waals surface area contributed by atoms with Crippen LogP contribution in [0.1, 0.15) is 95.0 Å². The number of aromatic amines is 2. The minimum Gasteiger partial charge on any atom is -0.312 e. The van der Waals surface area contributed by atoms with E-state index in [1.165, 1.54) is 49.5 Å². The third-order valence-corrected chi connectivity index (χ3v) is 6.30. The highest BCUT2D eigenvalue weighted by Crippen LogP contribution is 2.32. The molecule has 1 aliphatic rings. The van der Waals surface area contributed by atoms with Gasteiger partial charge in [-0.05, 0) is 20.3 Å². The average molecular weight is 444 g/mol. The molecule has 8 nitrogen and oxygen atoms in total. The molecule has 3 heterocycles. The van der Waals surface area contributed by atoms with E-state index in [0.717, 1.165) is 19.3 Å². The fraction of sp³-hybridized carbons (Fsp3) is 0.667. The minimum absolute atomic E-state index is 0.178. The first-order valence-electron chi connectivity index (χ1n) is 12.2. The number of fused-ring (bicyclic) bond motifs is 2. The molecule has 3 rings (SSSR count). The highest BCUT2D eigenvalue weighted by molar-refractivity contribution is 5.67. The van der Waals surface area contributed by atoms with Crippen LogP contribution in [0.3, 0.4) is 0 Å². The summed E-state index contributed by atoms with van der Waals surface area (Å²) in [5.74, 6) is 1.57. The summed E-state index contributed by atoms with van der Waals surface area (Å²) in [7, 11) is 0. The van der Waals surface area contributed by atoms with E-state index in [9.17, 15) is 14.4 Å². The molecule has 0 aliphatic carbocycles. The normalized spacial score (nSPS) is 12.7. The molecule has 2 aromatic heterocycles. The Morgan fingerprint density at radius 1 is 0.844 bits per heavy atom. The quantitative estimate of drug-likeness (QED) is 0.484. The lowest BCUT2D eigenvalue weighted by Gasteiger charge is -2.31. The van der Waals surface area contributed by atoms with E-state index in [2.05, 4.69) is 21.9 Å². The predicted molar refractivity (Wildman–Crippen MR) is 128 cm³/mol. The van der Waals surface area contributed by atoms with E-state index in [0.29, 0.717) is 35.1 Å². The average Bonchev–Trinajstić information content (AvgIpc) is 2.75. The summed E-state index contributed by atoms with van der Waals surface area (Å²) in [6, 6.07) is 0. The number of aryl methyl sites for hydroxylation is 1. The third kappa shape index (κ3) is 5.40. The Hall–Kier alpha value is -2.64. The summed E-state index contributed by atoms with van der Waals surface area (Å²) in [6.07, 6.45) is 12.4. The maximum atomic E-state index is 12.9. The smallest absolute Gasteiger partial charge is 0.312 e. The van der Waals surface area contributed by atoms with Crippen LogP contribution in [0.5, 0.6) is 0 Å². The lowest BCUT2D eigenvalue weighted by Crippen LogP contribution is -2.42. The van der Waals surface area contributed by atoms with Gasteiger partial charge in [-0.25, -0.2) is 9.78 Å². The fourth-order valence-electron chi connectivity index (χ4n) is 4.51. The first-order valence-corrected chi connectivity index (χ1v) is 12.2. The van der Waals surface area contributed by atoms with Crippen molar-refractivity contribution in [1.29, 1.82) is 0 Å². The first kappa shape index (κ1) is 24.0. The molecule has 0 bridgehead atoms. The maximum absolute atomic E-state index is 12.9. The van der Waals surface area contributed by atoms with E-state index in [4.69, 9.17) is 0 Å². The molecule has 176 valence electrons. The number of nitrogens with one attached hydrogen (secondary N) is 2. The van der Waals surface area contributed by atoms with Crippen molar-refractivity contribution in [2.75, 3.05) is 11.4 Å². The van der Waals surface area contributed by atoms with Gasteiger partial charge in [0.25, 0.3) is 11.1 Å². The number of aromatic nitrogens is 4. The van der Waals surface area contributed by atoms with Crippen molar-refractivity contribution in [3.05, 3.63) is 48.1 Å². The molecule has 0 amide bonds.